The summed E-state index contributed by atoms with van der Waals surface area (Å²) in [6.07, 6.45) is 1.97. The summed E-state index contributed by atoms with van der Waals surface area (Å²) in [5.74, 6) is -0.979. The number of hydrogen-bond acceptors (Lipinski definition) is 2. The van der Waals surface area contributed by atoms with Gasteiger partial charge in [-0.1, -0.05) is 13.8 Å². The molecule has 4 heteroatoms. The molecule has 0 atom stereocenters. The molecule has 0 aliphatic carbocycles. The standard InChI is InChI=1S/C11H19NO3/c1-8(2)7-12(9(3)4)10(13)5-6-11(14)15/h5-6,8-9H,7H2,1-4H3,(H,14,15)/b6-5+. The van der Waals surface area contributed by atoms with E-state index in [0.29, 0.717) is 12.5 Å². The Hall–Kier alpha value is -1.32. The molecule has 0 heterocycles. The SMILES string of the molecule is CC(C)CN(C(=O)/C=C/C(=O)O)C(C)C. The minimum Gasteiger partial charge on any atom is -0.478 e. The Balaban J connectivity index is 4.49. The highest BCUT2D eigenvalue weighted by atomic mass is 16.4. The first-order valence-corrected chi connectivity index (χ1v) is 5.06. The zero-order valence-electron chi connectivity index (χ0n) is 9.73. The van der Waals surface area contributed by atoms with Crippen molar-refractivity contribution in [3.8, 4) is 0 Å². The zero-order valence-corrected chi connectivity index (χ0v) is 9.73. The van der Waals surface area contributed by atoms with Crippen molar-refractivity contribution in [1.29, 1.82) is 0 Å². The fourth-order valence-electron chi connectivity index (χ4n) is 1.19. The maximum absolute atomic E-state index is 11.6. The van der Waals surface area contributed by atoms with Crippen molar-refractivity contribution < 1.29 is 14.7 Å². The summed E-state index contributed by atoms with van der Waals surface area (Å²) in [5, 5.41) is 8.41. The van der Waals surface area contributed by atoms with E-state index in [1.54, 1.807) is 4.90 Å². The Morgan fingerprint density at radius 3 is 2.07 bits per heavy atom. The number of carboxylic acids is 1. The summed E-state index contributed by atoms with van der Waals surface area (Å²) in [6.45, 7) is 8.50. The Bertz CT molecular complexity index is 257. The van der Waals surface area contributed by atoms with E-state index in [4.69, 9.17) is 5.11 Å². The molecule has 1 amide bonds. The average molecular weight is 213 g/mol. The number of aliphatic carboxylic acids is 1. The third-order valence-corrected chi connectivity index (χ3v) is 1.84. The molecule has 0 unspecified atom stereocenters. The van der Waals surface area contributed by atoms with Crippen LogP contribution in [-0.4, -0.2) is 34.5 Å². The summed E-state index contributed by atoms with van der Waals surface area (Å²) >= 11 is 0. The van der Waals surface area contributed by atoms with Gasteiger partial charge in [0.05, 0.1) is 0 Å². The van der Waals surface area contributed by atoms with E-state index in [2.05, 4.69) is 0 Å². The molecule has 15 heavy (non-hydrogen) atoms. The number of rotatable bonds is 5. The number of carbonyl (C=O) groups is 2. The molecule has 0 spiro atoms. The van der Waals surface area contributed by atoms with Crippen LogP contribution in [0.2, 0.25) is 0 Å². The van der Waals surface area contributed by atoms with Crippen molar-refractivity contribution in [3.63, 3.8) is 0 Å². The smallest absolute Gasteiger partial charge is 0.328 e. The van der Waals surface area contributed by atoms with E-state index in [-0.39, 0.29) is 11.9 Å². The van der Waals surface area contributed by atoms with E-state index < -0.39 is 5.97 Å². The lowest BCUT2D eigenvalue weighted by Gasteiger charge is -2.27. The van der Waals surface area contributed by atoms with Gasteiger partial charge in [0.15, 0.2) is 0 Å². The number of hydrogen-bond donors (Lipinski definition) is 1. The summed E-state index contributed by atoms with van der Waals surface area (Å²) in [4.78, 5) is 23.5. The first-order valence-electron chi connectivity index (χ1n) is 5.06. The average Bonchev–Trinajstić information content (AvgIpc) is 2.09. The predicted octanol–water partition coefficient (Wildman–Crippen LogP) is 1.52. The normalized spacial score (nSPS) is 11.3. The zero-order chi connectivity index (χ0) is 12.0. The fraction of sp³-hybridized carbons (Fsp3) is 0.636. The van der Waals surface area contributed by atoms with E-state index in [1.165, 1.54) is 0 Å². The van der Waals surface area contributed by atoms with Crippen LogP contribution in [0.15, 0.2) is 12.2 Å². The summed E-state index contributed by atoms with van der Waals surface area (Å²) in [7, 11) is 0. The third kappa shape index (κ3) is 5.88. The van der Waals surface area contributed by atoms with E-state index in [0.717, 1.165) is 12.2 Å². The van der Waals surface area contributed by atoms with Crippen LogP contribution in [0.5, 0.6) is 0 Å². The molecule has 0 aliphatic rings. The molecule has 0 saturated heterocycles. The molecule has 0 aliphatic heterocycles. The summed E-state index contributed by atoms with van der Waals surface area (Å²) < 4.78 is 0. The minimum atomic E-state index is -1.10. The molecular weight excluding hydrogens is 194 g/mol. The van der Waals surface area contributed by atoms with Crippen LogP contribution < -0.4 is 0 Å². The lowest BCUT2D eigenvalue weighted by molar-refractivity contribution is -0.132. The topological polar surface area (TPSA) is 57.6 Å². The number of amides is 1. The molecule has 0 radical (unpaired) electrons. The van der Waals surface area contributed by atoms with E-state index in [1.807, 2.05) is 27.7 Å². The predicted molar refractivity (Wildman–Crippen MR) is 58.5 cm³/mol. The molecular formula is C11H19NO3. The molecule has 1 N–H and O–H groups in total. The maximum atomic E-state index is 11.6. The first-order chi connectivity index (χ1) is 6.84. The van der Waals surface area contributed by atoms with Gasteiger partial charge in [-0.05, 0) is 19.8 Å². The van der Waals surface area contributed by atoms with Crippen molar-refractivity contribution in [2.45, 2.75) is 33.7 Å². The first kappa shape index (κ1) is 13.7. The largest absolute Gasteiger partial charge is 0.478 e. The highest BCUT2D eigenvalue weighted by Crippen LogP contribution is 2.05. The van der Waals surface area contributed by atoms with Crippen LogP contribution in [0, 0.1) is 5.92 Å². The molecule has 4 nitrogen and oxygen atoms in total. The van der Waals surface area contributed by atoms with Crippen molar-refractivity contribution in [1.82, 2.24) is 4.90 Å². The van der Waals surface area contributed by atoms with Crippen LogP contribution in [0.1, 0.15) is 27.7 Å². The minimum absolute atomic E-state index is 0.0818. The number of carbonyl (C=O) groups excluding carboxylic acids is 1. The van der Waals surface area contributed by atoms with Gasteiger partial charge in [-0.25, -0.2) is 4.79 Å². The molecule has 0 bridgehead atoms. The molecule has 0 aromatic rings. The molecule has 0 saturated carbocycles. The monoisotopic (exact) mass is 213 g/mol. The van der Waals surface area contributed by atoms with Gasteiger partial charge in [0, 0.05) is 24.7 Å². The summed E-state index contributed by atoms with van der Waals surface area (Å²) in [5.41, 5.74) is 0. The van der Waals surface area contributed by atoms with Gasteiger partial charge >= 0.3 is 5.97 Å². The van der Waals surface area contributed by atoms with Gasteiger partial charge in [-0.15, -0.1) is 0 Å². The van der Waals surface area contributed by atoms with Gasteiger partial charge in [0.1, 0.15) is 0 Å². The van der Waals surface area contributed by atoms with Gasteiger partial charge in [-0.3, -0.25) is 4.79 Å². The van der Waals surface area contributed by atoms with Crippen molar-refractivity contribution in [2.75, 3.05) is 6.54 Å². The van der Waals surface area contributed by atoms with Crippen LogP contribution in [0.3, 0.4) is 0 Å². The number of carboxylic acid groups (broad SMARTS) is 1. The molecule has 0 rings (SSSR count). The fourth-order valence-corrected chi connectivity index (χ4v) is 1.19. The summed E-state index contributed by atoms with van der Waals surface area (Å²) in [6, 6.07) is 0.0818. The van der Waals surface area contributed by atoms with Crippen molar-refractivity contribution >= 4 is 11.9 Å². The van der Waals surface area contributed by atoms with Crippen LogP contribution >= 0.6 is 0 Å². The Morgan fingerprint density at radius 1 is 1.20 bits per heavy atom. The van der Waals surface area contributed by atoms with Gasteiger partial charge < -0.3 is 10.0 Å². The van der Waals surface area contributed by atoms with Gasteiger partial charge in [0.2, 0.25) is 5.91 Å². The van der Waals surface area contributed by atoms with Crippen molar-refractivity contribution in [2.24, 2.45) is 5.92 Å². The highest BCUT2D eigenvalue weighted by Gasteiger charge is 2.15. The van der Waals surface area contributed by atoms with Crippen molar-refractivity contribution in [3.05, 3.63) is 12.2 Å². The van der Waals surface area contributed by atoms with Crippen LogP contribution in [0.25, 0.3) is 0 Å². The number of nitrogens with zero attached hydrogens (tertiary/aromatic N) is 1. The molecule has 0 aromatic carbocycles. The Morgan fingerprint density at radius 2 is 1.73 bits per heavy atom. The molecule has 0 fully saturated rings. The lowest BCUT2D eigenvalue weighted by Crippen LogP contribution is -2.38. The second-order valence-corrected chi connectivity index (χ2v) is 4.15. The molecule has 86 valence electrons. The third-order valence-electron chi connectivity index (χ3n) is 1.84. The van der Waals surface area contributed by atoms with Crippen LogP contribution in [-0.2, 0) is 9.59 Å². The highest BCUT2D eigenvalue weighted by molar-refractivity contribution is 5.94. The van der Waals surface area contributed by atoms with E-state index in [9.17, 15) is 9.59 Å². The maximum Gasteiger partial charge on any atom is 0.328 e. The second-order valence-electron chi connectivity index (χ2n) is 4.15. The Labute approximate surface area is 90.6 Å². The Kier molecular flexibility index (Phi) is 5.67. The lowest BCUT2D eigenvalue weighted by atomic mass is 10.1. The van der Waals surface area contributed by atoms with E-state index >= 15 is 0 Å². The van der Waals surface area contributed by atoms with Gasteiger partial charge in [-0.2, -0.15) is 0 Å². The quantitative estimate of drug-likeness (QED) is 0.704. The molecule has 0 aromatic heterocycles. The second kappa shape index (κ2) is 6.22. The van der Waals surface area contributed by atoms with Gasteiger partial charge in [0.25, 0.3) is 0 Å². The van der Waals surface area contributed by atoms with Crippen LogP contribution in [0.4, 0.5) is 0 Å².